The van der Waals surface area contributed by atoms with Crippen molar-refractivity contribution < 1.29 is 9.47 Å². The second-order valence-corrected chi connectivity index (χ2v) is 8.35. The molecule has 2 heteroatoms. The Morgan fingerprint density at radius 1 is 1.16 bits per heavy atom. The van der Waals surface area contributed by atoms with Crippen LogP contribution in [0.15, 0.2) is 0 Å². The van der Waals surface area contributed by atoms with E-state index < -0.39 is 0 Å². The van der Waals surface area contributed by atoms with Gasteiger partial charge in [-0.1, -0.05) is 41.5 Å². The van der Waals surface area contributed by atoms with E-state index in [1.807, 2.05) is 0 Å². The van der Waals surface area contributed by atoms with Crippen LogP contribution in [-0.2, 0) is 9.47 Å². The molecule has 19 heavy (non-hydrogen) atoms. The summed E-state index contributed by atoms with van der Waals surface area (Å²) in [6.45, 7) is 15.0. The normalized spacial score (nSPS) is 52.3. The SMILES string of the molecule is CC(C)[C@@H]1OC[C@H](C)[C@]2(C[C@H]3CC[C@]2(C)C3(C)C)O1. The van der Waals surface area contributed by atoms with Crippen LogP contribution in [0.5, 0.6) is 0 Å². The van der Waals surface area contributed by atoms with Gasteiger partial charge in [0.15, 0.2) is 6.29 Å². The average molecular weight is 266 g/mol. The summed E-state index contributed by atoms with van der Waals surface area (Å²) in [6, 6.07) is 0. The standard InChI is InChI=1S/C17H30O2/c1-11(2)14-18-10-12(3)17(19-14)9-13-7-8-16(17,6)15(13,4)5/h11-14H,7-10H2,1-6H3/t12-,13+,14+,16+,17-/m0/s1. The largest absolute Gasteiger partial charge is 0.352 e. The molecule has 1 spiro atoms. The van der Waals surface area contributed by atoms with E-state index in [-0.39, 0.29) is 11.9 Å². The van der Waals surface area contributed by atoms with Gasteiger partial charge >= 0.3 is 0 Å². The number of rotatable bonds is 1. The third-order valence-corrected chi connectivity index (χ3v) is 7.10. The topological polar surface area (TPSA) is 18.5 Å². The Morgan fingerprint density at radius 3 is 2.32 bits per heavy atom. The molecule has 1 heterocycles. The molecule has 0 aromatic heterocycles. The van der Waals surface area contributed by atoms with Crippen LogP contribution in [0.3, 0.4) is 0 Å². The lowest BCUT2D eigenvalue weighted by molar-refractivity contribution is -0.325. The van der Waals surface area contributed by atoms with Gasteiger partial charge in [0.1, 0.15) is 0 Å². The van der Waals surface area contributed by atoms with Crippen LogP contribution < -0.4 is 0 Å². The van der Waals surface area contributed by atoms with Gasteiger partial charge in [-0.3, -0.25) is 0 Å². The van der Waals surface area contributed by atoms with Crippen molar-refractivity contribution in [2.45, 2.75) is 72.7 Å². The third kappa shape index (κ3) is 1.51. The molecule has 2 aliphatic carbocycles. The molecule has 2 nitrogen and oxygen atoms in total. The van der Waals surface area contributed by atoms with E-state index in [0.29, 0.717) is 22.7 Å². The molecule has 0 unspecified atom stereocenters. The fourth-order valence-electron chi connectivity index (χ4n) is 5.28. The van der Waals surface area contributed by atoms with E-state index in [4.69, 9.17) is 9.47 Å². The Morgan fingerprint density at radius 2 is 1.84 bits per heavy atom. The molecular formula is C17H30O2. The van der Waals surface area contributed by atoms with Crippen molar-refractivity contribution in [1.82, 2.24) is 0 Å². The maximum absolute atomic E-state index is 6.66. The van der Waals surface area contributed by atoms with Crippen LogP contribution >= 0.6 is 0 Å². The molecule has 2 saturated carbocycles. The van der Waals surface area contributed by atoms with E-state index in [2.05, 4.69) is 41.5 Å². The van der Waals surface area contributed by atoms with Crippen molar-refractivity contribution in [3.8, 4) is 0 Å². The summed E-state index contributed by atoms with van der Waals surface area (Å²) in [7, 11) is 0. The highest BCUT2D eigenvalue weighted by molar-refractivity contribution is 5.20. The van der Waals surface area contributed by atoms with Crippen LogP contribution in [0.2, 0.25) is 0 Å². The lowest BCUT2D eigenvalue weighted by Crippen LogP contribution is -2.60. The van der Waals surface area contributed by atoms with Gasteiger partial charge in [0.25, 0.3) is 0 Å². The first-order valence-electron chi connectivity index (χ1n) is 8.04. The molecule has 0 aromatic rings. The summed E-state index contributed by atoms with van der Waals surface area (Å²) >= 11 is 0. The number of fused-ring (bicyclic) bond motifs is 3. The molecular weight excluding hydrogens is 236 g/mol. The number of hydrogen-bond acceptors (Lipinski definition) is 2. The highest BCUT2D eigenvalue weighted by Gasteiger charge is 2.72. The lowest BCUT2D eigenvalue weighted by atomic mass is 9.60. The Hall–Kier alpha value is -0.0800. The van der Waals surface area contributed by atoms with Gasteiger partial charge in [0.2, 0.25) is 0 Å². The van der Waals surface area contributed by atoms with E-state index in [1.54, 1.807) is 0 Å². The summed E-state index contributed by atoms with van der Waals surface area (Å²) in [5, 5.41) is 0. The highest BCUT2D eigenvalue weighted by atomic mass is 16.7. The van der Waals surface area contributed by atoms with Crippen molar-refractivity contribution >= 4 is 0 Å². The minimum Gasteiger partial charge on any atom is -0.352 e. The van der Waals surface area contributed by atoms with E-state index in [0.717, 1.165) is 12.5 Å². The summed E-state index contributed by atoms with van der Waals surface area (Å²) in [6.07, 6.45) is 3.93. The second-order valence-electron chi connectivity index (χ2n) is 8.35. The Kier molecular flexibility index (Phi) is 2.91. The van der Waals surface area contributed by atoms with Crippen molar-refractivity contribution in [2.24, 2.45) is 28.6 Å². The zero-order chi connectivity index (χ0) is 14.1. The smallest absolute Gasteiger partial charge is 0.160 e. The van der Waals surface area contributed by atoms with Crippen molar-refractivity contribution in [3.63, 3.8) is 0 Å². The Labute approximate surface area is 118 Å². The van der Waals surface area contributed by atoms with Crippen LogP contribution in [0.25, 0.3) is 0 Å². The van der Waals surface area contributed by atoms with Crippen molar-refractivity contribution in [2.75, 3.05) is 6.61 Å². The van der Waals surface area contributed by atoms with Gasteiger partial charge in [-0.2, -0.15) is 0 Å². The summed E-state index contributed by atoms with van der Waals surface area (Å²) in [4.78, 5) is 0. The molecule has 0 N–H and O–H groups in total. The first kappa shape index (κ1) is 13.9. The zero-order valence-corrected chi connectivity index (χ0v) is 13.5. The van der Waals surface area contributed by atoms with Gasteiger partial charge in [0.05, 0.1) is 12.2 Å². The third-order valence-electron chi connectivity index (χ3n) is 7.10. The fraction of sp³-hybridized carbons (Fsp3) is 1.00. The minimum atomic E-state index is -0.0109. The number of hydrogen-bond donors (Lipinski definition) is 0. The molecule has 5 atom stereocenters. The second kappa shape index (κ2) is 3.98. The van der Waals surface area contributed by atoms with Crippen LogP contribution in [0, 0.1) is 28.6 Å². The van der Waals surface area contributed by atoms with Crippen molar-refractivity contribution in [1.29, 1.82) is 0 Å². The molecule has 0 amide bonds. The molecule has 3 aliphatic rings. The van der Waals surface area contributed by atoms with Gasteiger partial charge in [0, 0.05) is 17.3 Å². The van der Waals surface area contributed by atoms with Crippen LogP contribution in [0.1, 0.15) is 60.8 Å². The summed E-state index contributed by atoms with van der Waals surface area (Å²) in [5.41, 5.74) is 0.758. The summed E-state index contributed by atoms with van der Waals surface area (Å²) < 4.78 is 12.6. The van der Waals surface area contributed by atoms with E-state index in [9.17, 15) is 0 Å². The first-order chi connectivity index (χ1) is 8.74. The first-order valence-corrected chi connectivity index (χ1v) is 8.04. The van der Waals surface area contributed by atoms with Crippen molar-refractivity contribution in [3.05, 3.63) is 0 Å². The molecule has 3 fully saturated rings. The Bertz CT molecular complexity index is 375. The molecule has 110 valence electrons. The molecule has 0 radical (unpaired) electrons. The molecule has 0 aromatic carbocycles. The minimum absolute atomic E-state index is 0.0109. The van der Waals surface area contributed by atoms with E-state index in [1.165, 1.54) is 19.3 Å². The van der Waals surface area contributed by atoms with Gasteiger partial charge in [-0.15, -0.1) is 0 Å². The molecule has 1 aliphatic heterocycles. The predicted octanol–water partition coefficient (Wildman–Crippen LogP) is 4.24. The van der Waals surface area contributed by atoms with Gasteiger partial charge in [-0.25, -0.2) is 0 Å². The highest BCUT2D eigenvalue weighted by Crippen LogP contribution is 2.73. The monoisotopic (exact) mass is 266 g/mol. The van der Waals surface area contributed by atoms with E-state index >= 15 is 0 Å². The van der Waals surface area contributed by atoms with Crippen LogP contribution in [0.4, 0.5) is 0 Å². The number of ether oxygens (including phenoxy) is 2. The maximum Gasteiger partial charge on any atom is 0.160 e. The molecule has 2 bridgehead atoms. The Balaban J connectivity index is 1.99. The maximum atomic E-state index is 6.66. The lowest BCUT2D eigenvalue weighted by Gasteiger charge is -2.55. The average Bonchev–Trinajstić information content (AvgIpc) is 2.64. The summed E-state index contributed by atoms with van der Waals surface area (Å²) in [5.74, 6) is 1.78. The quantitative estimate of drug-likeness (QED) is 0.707. The van der Waals surface area contributed by atoms with Crippen LogP contribution in [-0.4, -0.2) is 18.5 Å². The molecule has 3 rings (SSSR count). The predicted molar refractivity (Wildman–Crippen MR) is 76.8 cm³/mol. The molecule has 1 saturated heterocycles. The van der Waals surface area contributed by atoms with Gasteiger partial charge < -0.3 is 9.47 Å². The zero-order valence-electron chi connectivity index (χ0n) is 13.5. The fourth-order valence-corrected chi connectivity index (χ4v) is 5.28. The van der Waals surface area contributed by atoms with Gasteiger partial charge in [-0.05, 0) is 30.6 Å².